The lowest BCUT2D eigenvalue weighted by atomic mass is 10.2. The lowest BCUT2D eigenvalue weighted by molar-refractivity contribution is -0.137. The highest BCUT2D eigenvalue weighted by atomic mass is 32.1. The SMILES string of the molecule is CCC(NCCCCC(=O)O)c1nccs1. The van der Waals surface area contributed by atoms with Crippen LogP contribution in [0.25, 0.3) is 0 Å². The number of aliphatic carboxylic acids is 1. The van der Waals surface area contributed by atoms with Crippen LogP contribution in [0.1, 0.15) is 43.7 Å². The van der Waals surface area contributed by atoms with E-state index >= 15 is 0 Å². The quantitative estimate of drug-likeness (QED) is 0.687. The minimum Gasteiger partial charge on any atom is -0.481 e. The second kappa shape index (κ2) is 7.35. The second-order valence-electron chi connectivity index (χ2n) is 3.64. The molecule has 0 spiro atoms. The molecule has 2 N–H and O–H groups in total. The Morgan fingerprint density at radius 2 is 2.44 bits per heavy atom. The van der Waals surface area contributed by atoms with Gasteiger partial charge in [0.1, 0.15) is 5.01 Å². The number of carboxylic acid groups (broad SMARTS) is 1. The van der Waals surface area contributed by atoms with Gasteiger partial charge in [-0.3, -0.25) is 4.79 Å². The maximum atomic E-state index is 10.3. The maximum Gasteiger partial charge on any atom is 0.303 e. The first-order valence-electron chi connectivity index (χ1n) is 5.58. The molecule has 1 aromatic rings. The fourth-order valence-corrected chi connectivity index (χ4v) is 2.29. The van der Waals surface area contributed by atoms with Gasteiger partial charge >= 0.3 is 5.97 Å². The van der Waals surface area contributed by atoms with Gasteiger partial charge in [0.2, 0.25) is 0 Å². The van der Waals surface area contributed by atoms with Gasteiger partial charge in [-0.05, 0) is 25.8 Å². The summed E-state index contributed by atoms with van der Waals surface area (Å²) in [5.41, 5.74) is 0. The van der Waals surface area contributed by atoms with Gasteiger partial charge in [0.25, 0.3) is 0 Å². The number of unbranched alkanes of at least 4 members (excludes halogenated alkanes) is 1. The third-order valence-corrected chi connectivity index (χ3v) is 3.26. The molecule has 16 heavy (non-hydrogen) atoms. The maximum absolute atomic E-state index is 10.3. The molecule has 0 saturated heterocycles. The smallest absolute Gasteiger partial charge is 0.303 e. The van der Waals surface area contributed by atoms with Crippen LogP contribution in [-0.2, 0) is 4.79 Å². The molecular formula is C11H18N2O2S. The fraction of sp³-hybridized carbons (Fsp3) is 0.636. The Labute approximate surface area is 99.7 Å². The van der Waals surface area contributed by atoms with E-state index in [4.69, 9.17) is 5.11 Å². The van der Waals surface area contributed by atoms with Crippen molar-refractivity contribution in [2.75, 3.05) is 6.54 Å². The third kappa shape index (κ3) is 4.72. The first-order chi connectivity index (χ1) is 7.74. The third-order valence-electron chi connectivity index (χ3n) is 2.37. The monoisotopic (exact) mass is 242 g/mol. The van der Waals surface area contributed by atoms with Gasteiger partial charge in [-0.15, -0.1) is 11.3 Å². The van der Waals surface area contributed by atoms with Gasteiger partial charge in [-0.2, -0.15) is 0 Å². The second-order valence-corrected chi connectivity index (χ2v) is 4.56. The van der Waals surface area contributed by atoms with Crippen LogP contribution < -0.4 is 5.32 Å². The number of hydrogen-bond donors (Lipinski definition) is 2. The van der Waals surface area contributed by atoms with Crippen LogP contribution in [0.5, 0.6) is 0 Å². The Bertz CT molecular complexity index is 301. The van der Waals surface area contributed by atoms with Crippen molar-refractivity contribution < 1.29 is 9.90 Å². The van der Waals surface area contributed by atoms with Crippen LogP contribution >= 0.6 is 11.3 Å². The summed E-state index contributed by atoms with van der Waals surface area (Å²) in [7, 11) is 0. The van der Waals surface area contributed by atoms with E-state index in [-0.39, 0.29) is 6.42 Å². The van der Waals surface area contributed by atoms with Crippen LogP contribution in [-0.4, -0.2) is 22.6 Å². The van der Waals surface area contributed by atoms with Crippen molar-refractivity contribution in [2.45, 2.75) is 38.6 Å². The predicted octanol–water partition coefficient (Wildman–Crippen LogP) is 2.44. The molecule has 90 valence electrons. The summed E-state index contributed by atoms with van der Waals surface area (Å²) < 4.78 is 0. The van der Waals surface area contributed by atoms with Crippen LogP contribution in [0.3, 0.4) is 0 Å². The number of carboxylic acids is 1. The van der Waals surface area contributed by atoms with Crippen molar-refractivity contribution in [3.05, 3.63) is 16.6 Å². The molecule has 0 bridgehead atoms. The number of nitrogens with one attached hydrogen (secondary N) is 1. The molecule has 0 amide bonds. The molecule has 1 rings (SSSR count). The van der Waals surface area contributed by atoms with Crippen LogP contribution in [0.4, 0.5) is 0 Å². The van der Waals surface area contributed by atoms with Gasteiger partial charge in [0.05, 0.1) is 6.04 Å². The highest BCUT2D eigenvalue weighted by Gasteiger charge is 2.10. The van der Waals surface area contributed by atoms with Gasteiger partial charge in [-0.25, -0.2) is 4.98 Å². The summed E-state index contributed by atoms with van der Waals surface area (Å²) in [5, 5.41) is 15.0. The van der Waals surface area contributed by atoms with Crippen molar-refractivity contribution in [1.82, 2.24) is 10.3 Å². The van der Waals surface area contributed by atoms with Crippen molar-refractivity contribution in [1.29, 1.82) is 0 Å². The number of rotatable bonds is 8. The number of nitrogens with zero attached hydrogens (tertiary/aromatic N) is 1. The van der Waals surface area contributed by atoms with Gasteiger partial charge in [0, 0.05) is 18.0 Å². The van der Waals surface area contributed by atoms with E-state index in [1.807, 2.05) is 11.6 Å². The first-order valence-corrected chi connectivity index (χ1v) is 6.46. The van der Waals surface area contributed by atoms with Crippen LogP contribution in [0, 0.1) is 0 Å². The highest BCUT2D eigenvalue weighted by molar-refractivity contribution is 7.09. The molecular weight excluding hydrogens is 224 g/mol. The van der Waals surface area contributed by atoms with Crippen LogP contribution in [0.15, 0.2) is 11.6 Å². The summed E-state index contributed by atoms with van der Waals surface area (Å²) in [4.78, 5) is 14.6. The average Bonchev–Trinajstić information content (AvgIpc) is 2.76. The fourth-order valence-electron chi connectivity index (χ4n) is 1.49. The van der Waals surface area contributed by atoms with Crippen molar-refractivity contribution in [3.8, 4) is 0 Å². The van der Waals surface area contributed by atoms with E-state index in [9.17, 15) is 4.79 Å². The van der Waals surface area contributed by atoms with Crippen molar-refractivity contribution >= 4 is 17.3 Å². The molecule has 0 radical (unpaired) electrons. The van der Waals surface area contributed by atoms with E-state index in [2.05, 4.69) is 17.2 Å². The van der Waals surface area contributed by atoms with Gasteiger partial charge in [-0.1, -0.05) is 6.92 Å². The molecule has 0 aliphatic heterocycles. The van der Waals surface area contributed by atoms with Crippen molar-refractivity contribution in [2.24, 2.45) is 0 Å². The van der Waals surface area contributed by atoms with Crippen molar-refractivity contribution in [3.63, 3.8) is 0 Å². The highest BCUT2D eigenvalue weighted by Crippen LogP contribution is 2.18. The Kier molecular flexibility index (Phi) is 6.03. The largest absolute Gasteiger partial charge is 0.481 e. The Balaban J connectivity index is 2.18. The van der Waals surface area contributed by atoms with E-state index < -0.39 is 5.97 Å². The summed E-state index contributed by atoms with van der Waals surface area (Å²) >= 11 is 1.66. The molecule has 4 nitrogen and oxygen atoms in total. The van der Waals surface area contributed by atoms with Gasteiger partial charge in [0.15, 0.2) is 0 Å². The zero-order chi connectivity index (χ0) is 11.8. The molecule has 0 fully saturated rings. The van der Waals surface area contributed by atoms with E-state index in [0.29, 0.717) is 6.04 Å². The van der Waals surface area contributed by atoms with E-state index in [1.165, 1.54) is 0 Å². The minimum absolute atomic E-state index is 0.260. The lowest BCUT2D eigenvalue weighted by Gasteiger charge is -2.13. The normalized spacial score (nSPS) is 12.6. The number of thiazole rings is 1. The topological polar surface area (TPSA) is 62.2 Å². The van der Waals surface area contributed by atoms with E-state index in [1.54, 1.807) is 11.3 Å². The zero-order valence-corrected chi connectivity index (χ0v) is 10.3. The van der Waals surface area contributed by atoms with Crippen LogP contribution in [0.2, 0.25) is 0 Å². The molecule has 1 atom stereocenters. The summed E-state index contributed by atoms with van der Waals surface area (Å²) in [6.07, 6.45) is 4.71. The molecule has 0 saturated carbocycles. The van der Waals surface area contributed by atoms with E-state index in [0.717, 1.165) is 30.8 Å². The summed E-state index contributed by atoms with van der Waals surface area (Å²) in [5.74, 6) is -0.716. The predicted molar refractivity (Wildman–Crippen MR) is 64.6 cm³/mol. The molecule has 0 aliphatic rings. The number of carbonyl (C=O) groups is 1. The Morgan fingerprint density at radius 3 is 3.00 bits per heavy atom. The molecule has 1 heterocycles. The molecule has 1 unspecified atom stereocenters. The molecule has 1 aromatic heterocycles. The first kappa shape index (κ1) is 13.1. The Morgan fingerprint density at radius 1 is 1.62 bits per heavy atom. The molecule has 0 aromatic carbocycles. The summed E-state index contributed by atoms with van der Waals surface area (Å²) in [6, 6.07) is 0.310. The number of hydrogen-bond acceptors (Lipinski definition) is 4. The standard InChI is InChI=1S/C11H18N2O2S/c1-2-9(11-13-7-8-16-11)12-6-4-3-5-10(14)15/h7-9,12H,2-6H2,1H3,(H,14,15). The zero-order valence-electron chi connectivity index (χ0n) is 9.48. The lowest BCUT2D eigenvalue weighted by Crippen LogP contribution is -2.21. The molecule has 0 aliphatic carbocycles. The average molecular weight is 242 g/mol. The van der Waals surface area contributed by atoms with Gasteiger partial charge < -0.3 is 10.4 Å². The summed E-state index contributed by atoms with van der Waals surface area (Å²) in [6.45, 7) is 2.97. The Hall–Kier alpha value is -0.940. The molecule has 5 heteroatoms. The minimum atomic E-state index is -0.716. The number of aromatic nitrogens is 1.